The molecule has 4 heteroatoms. The van der Waals surface area contributed by atoms with Crippen LogP contribution in [0, 0.1) is 0 Å². The van der Waals surface area contributed by atoms with Crippen molar-refractivity contribution in [2.24, 2.45) is 5.73 Å². The first-order valence-corrected chi connectivity index (χ1v) is 6.75. The van der Waals surface area contributed by atoms with Gasteiger partial charge < -0.3 is 10.5 Å². The summed E-state index contributed by atoms with van der Waals surface area (Å²) in [5, 5.41) is 3.05. The molecule has 0 bridgehead atoms. The summed E-state index contributed by atoms with van der Waals surface area (Å²) in [6.45, 7) is 4.59. The van der Waals surface area contributed by atoms with Crippen molar-refractivity contribution in [2.45, 2.75) is 26.0 Å². The van der Waals surface area contributed by atoms with Crippen molar-refractivity contribution in [2.75, 3.05) is 7.11 Å². The molecular formula is C14H18N2OS. The van der Waals surface area contributed by atoms with Crippen LogP contribution in [-0.2, 0) is 16.9 Å². The van der Waals surface area contributed by atoms with Gasteiger partial charge in [-0.2, -0.15) is 0 Å². The van der Waals surface area contributed by atoms with Gasteiger partial charge in [-0.05, 0) is 25.5 Å². The van der Waals surface area contributed by atoms with Gasteiger partial charge >= 0.3 is 0 Å². The molecule has 96 valence electrons. The van der Waals surface area contributed by atoms with E-state index in [-0.39, 0.29) is 5.60 Å². The minimum Gasteiger partial charge on any atom is -0.372 e. The van der Waals surface area contributed by atoms with E-state index in [1.165, 1.54) is 0 Å². The molecule has 0 spiro atoms. The SMILES string of the molecule is COC(C)(C)c1nc(-c2cccc(CN)c2)cs1. The Morgan fingerprint density at radius 1 is 1.39 bits per heavy atom. The number of thiazole rings is 1. The molecule has 0 aliphatic heterocycles. The molecule has 3 nitrogen and oxygen atoms in total. The first kappa shape index (κ1) is 13.2. The van der Waals surface area contributed by atoms with Crippen LogP contribution in [0.3, 0.4) is 0 Å². The van der Waals surface area contributed by atoms with E-state index in [1.54, 1.807) is 18.4 Å². The van der Waals surface area contributed by atoms with Gasteiger partial charge in [0.25, 0.3) is 0 Å². The molecule has 0 unspecified atom stereocenters. The number of hydrogen-bond donors (Lipinski definition) is 1. The summed E-state index contributed by atoms with van der Waals surface area (Å²) in [7, 11) is 1.70. The van der Waals surface area contributed by atoms with Crippen molar-refractivity contribution in [3.05, 3.63) is 40.2 Å². The largest absolute Gasteiger partial charge is 0.372 e. The molecule has 0 saturated heterocycles. The molecule has 18 heavy (non-hydrogen) atoms. The Balaban J connectivity index is 2.35. The highest BCUT2D eigenvalue weighted by molar-refractivity contribution is 7.10. The van der Waals surface area contributed by atoms with E-state index in [2.05, 4.69) is 22.5 Å². The zero-order valence-electron chi connectivity index (χ0n) is 10.9. The Bertz CT molecular complexity index is 534. The van der Waals surface area contributed by atoms with Crippen molar-refractivity contribution in [3.63, 3.8) is 0 Å². The predicted molar refractivity (Wildman–Crippen MR) is 75.5 cm³/mol. The van der Waals surface area contributed by atoms with E-state index in [0.29, 0.717) is 6.54 Å². The molecule has 2 N–H and O–H groups in total. The standard InChI is InChI=1S/C14H18N2OS/c1-14(2,17-3)13-16-12(9-18-13)11-6-4-5-10(7-11)8-15/h4-7,9H,8,15H2,1-3H3. The fraction of sp³-hybridized carbons (Fsp3) is 0.357. The maximum atomic E-state index is 5.65. The molecule has 1 heterocycles. The van der Waals surface area contributed by atoms with Crippen LogP contribution in [0.2, 0.25) is 0 Å². The Kier molecular flexibility index (Phi) is 3.80. The lowest BCUT2D eigenvalue weighted by molar-refractivity contribution is 0.0191. The summed E-state index contributed by atoms with van der Waals surface area (Å²) in [4.78, 5) is 4.65. The van der Waals surface area contributed by atoms with Crippen LogP contribution in [0.1, 0.15) is 24.4 Å². The number of nitrogens with two attached hydrogens (primary N) is 1. The monoisotopic (exact) mass is 262 g/mol. The number of aromatic nitrogens is 1. The highest BCUT2D eigenvalue weighted by atomic mass is 32.1. The van der Waals surface area contributed by atoms with Gasteiger partial charge in [-0.15, -0.1) is 11.3 Å². The maximum Gasteiger partial charge on any atom is 0.125 e. The Morgan fingerprint density at radius 2 is 2.17 bits per heavy atom. The number of rotatable bonds is 4. The van der Waals surface area contributed by atoms with Crippen LogP contribution in [-0.4, -0.2) is 12.1 Å². The highest BCUT2D eigenvalue weighted by Gasteiger charge is 2.23. The number of methoxy groups -OCH3 is 1. The molecule has 0 radical (unpaired) electrons. The van der Waals surface area contributed by atoms with Gasteiger partial charge in [-0.25, -0.2) is 4.98 Å². The van der Waals surface area contributed by atoms with Gasteiger partial charge in [0.15, 0.2) is 0 Å². The molecule has 0 aliphatic rings. The zero-order valence-corrected chi connectivity index (χ0v) is 11.8. The zero-order chi connectivity index (χ0) is 13.2. The van der Waals surface area contributed by atoms with Crippen LogP contribution in [0.25, 0.3) is 11.3 Å². The van der Waals surface area contributed by atoms with Gasteiger partial charge in [0, 0.05) is 24.6 Å². The number of ether oxygens (including phenoxy) is 1. The van der Waals surface area contributed by atoms with Crippen LogP contribution in [0.5, 0.6) is 0 Å². The fourth-order valence-electron chi connectivity index (χ4n) is 1.63. The van der Waals surface area contributed by atoms with Gasteiger partial charge in [-0.3, -0.25) is 0 Å². The highest BCUT2D eigenvalue weighted by Crippen LogP contribution is 2.30. The topological polar surface area (TPSA) is 48.1 Å². The molecule has 2 rings (SSSR count). The van der Waals surface area contributed by atoms with Crippen LogP contribution < -0.4 is 5.73 Å². The lowest BCUT2D eigenvalue weighted by Crippen LogP contribution is -2.18. The predicted octanol–water partition coefficient (Wildman–Crippen LogP) is 3.15. The lowest BCUT2D eigenvalue weighted by Gasteiger charge is -2.19. The van der Waals surface area contributed by atoms with E-state index < -0.39 is 0 Å². The molecular weight excluding hydrogens is 244 g/mol. The second-order valence-electron chi connectivity index (χ2n) is 4.66. The van der Waals surface area contributed by atoms with Crippen molar-refractivity contribution in [3.8, 4) is 11.3 Å². The van der Waals surface area contributed by atoms with Crippen molar-refractivity contribution >= 4 is 11.3 Å². The van der Waals surface area contributed by atoms with E-state index >= 15 is 0 Å². The van der Waals surface area contributed by atoms with E-state index in [0.717, 1.165) is 21.8 Å². The van der Waals surface area contributed by atoms with Crippen molar-refractivity contribution in [1.29, 1.82) is 0 Å². The average molecular weight is 262 g/mol. The number of hydrogen-bond acceptors (Lipinski definition) is 4. The van der Waals surface area contributed by atoms with Gasteiger partial charge in [0.05, 0.1) is 5.69 Å². The summed E-state index contributed by atoms with van der Waals surface area (Å²) in [5.41, 5.74) is 8.52. The van der Waals surface area contributed by atoms with Crippen molar-refractivity contribution < 1.29 is 4.74 Å². The second-order valence-corrected chi connectivity index (χ2v) is 5.51. The molecule has 1 aromatic heterocycles. The first-order chi connectivity index (χ1) is 8.56. The summed E-state index contributed by atoms with van der Waals surface area (Å²) in [6.07, 6.45) is 0. The van der Waals surface area contributed by atoms with Gasteiger partial charge in [0.2, 0.25) is 0 Å². The smallest absolute Gasteiger partial charge is 0.125 e. The quantitative estimate of drug-likeness (QED) is 0.920. The van der Waals surface area contributed by atoms with Gasteiger partial charge in [-0.1, -0.05) is 18.2 Å². The summed E-state index contributed by atoms with van der Waals surface area (Å²) < 4.78 is 5.45. The molecule has 0 amide bonds. The molecule has 0 atom stereocenters. The van der Waals surface area contributed by atoms with Gasteiger partial charge in [0.1, 0.15) is 10.6 Å². The molecule has 2 aromatic rings. The minimum atomic E-state index is -0.339. The van der Waals surface area contributed by atoms with Crippen molar-refractivity contribution in [1.82, 2.24) is 4.98 Å². The number of nitrogens with zero attached hydrogens (tertiary/aromatic N) is 1. The third kappa shape index (κ3) is 2.61. The number of benzene rings is 1. The Hall–Kier alpha value is -1.23. The van der Waals surface area contributed by atoms with E-state index in [1.807, 2.05) is 26.0 Å². The Labute approximate surface area is 112 Å². The Morgan fingerprint density at radius 3 is 2.83 bits per heavy atom. The first-order valence-electron chi connectivity index (χ1n) is 5.87. The lowest BCUT2D eigenvalue weighted by atomic mass is 10.1. The summed E-state index contributed by atoms with van der Waals surface area (Å²) >= 11 is 1.62. The van der Waals surface area contributed by atoms with Crippen LogP contribution >= 0.6 is 11.3 Å². The van der Waals surface area contributed by atoms with E-state index in [4.69, 9.17) is 10.5 Å². The molecule has 0 aliphatic carbocycles. The molecule has 1 aromatic carbocycles. The maximum absolute atomic E-state index is 5.65. The fourth-order valence-corrected chi connectivity index (χ4v) is 2.56. The van der Waals surface area contributed by atoms with Crippen LogP contribution in [0.15, 0.2) is 29.6 Å². The third-order valence-electron chi connectivity index (χ3n) is 2.99. The average Bonchev–Trinajstić information content (AvgIpc) is 2.89. The second kappa shape index (κ2) is 5.18. The van der Waals surface area contributed by atoms with Crippen LogP contribution in [0.4, 0.5) is 0 Å². The third-order valence-corrected chi connectivity index (χ3v) is 4.14. The minimum absolute atomic E-state index is 0.339. The summed E-state index contributed by atoms with van der Waals surface area (Å²) in [6, 6.07) is 8.17. The van der Waals surface area contributed by atoms with E-state index in [9.17, 15) is 0 Å². The normalized spacial score (nSPS) is 11.8. The molecule has 0 saturated carbocycles. The molecule has 0 fully saturated rings. The summed E-state index contributed by atoms with van der Waals surface area (Å²) in [5.74, 6) is 0.